The first kappa shape index (κ1) is 21.9. The molecule has 2 aromatic rings. The lowest BCUT2D eigenvalue weighted by molar-refractivity contribution is -0.376. The van der Waals surface area contributed by atoms with E-state index >= 15 is 0 Å². The molecule has 2 aromatic carbocycles. The maximum Gasteiger partial charge on any atom is 0.430 e. The standard InChI is InChI=1S/C19H18F6O3/c1-3-16(2,11-4-7-13(26)8-5-11)12-6-9-15(27)14(10-12)17(28,18(20,21)22)19(23,24)25/h4-10,26-28H,3H2,1-2H3. The van der Waals surface area contributed by atoms with E-state index in [1.807, 2.05) is 0 Å². The fourth-order valence-corrected chi connectivity index (χ4v) is 3.04. The Morgan fingerprint density at radius 3 is 1.68 bits per heavy atom. The highest BCUT2D eigenvalue weighted by atomic mass is 19.4. The number of phenolic OH excluding ortho intramolecular Hbond substituents is 2. The number of benzene rings is 2. The fraction of sp³-hybridized carbons (Fsp3) is 0.368. The number of hydrogen-bond donors (Lipinski definition) is 3. The predicted molar refractivity (Wildman–Crippen MR) is 89.0 cm³/mol. The zero-order valence-corrected chi connectivity index (χ0v) is 14.9. The maximum absolute atomic E-state index is 13.2. The van der Waals surface area contributed by atoms with Gasteiger partial charge in [0.2, 0.25) is 0 Å². The van der Waals surface area contributed by atoms with Crippen LogP contribution in [0.25, 0.3) is 0 Å². The zero-order chi connectivity index (χ0) is 21.5. The number of phenols is 2. The molecule has 0 fully saturated rings. The first-order valence-electron chi connectivity index (χ1n) is 8.17. The van der Waals surface area contributed by atoms with E-state index in [2.05, 4.69) is 0 Å². The minimum absolute atomic E-state index is 0.0282. The average molecular weight is 408 g/mol. The summed E-state index contributed by atoms with van der Waals surface area (Å²) in [4.78, 5) is 0. The molecular formula is C19H18F6O3. The third-order valence-electron chi connectivity index (χ3n) is 5.06. The molecule has 1 atom stereocenters. The lowest BCUT2D eigenvalue weighted by Crippen LogP contribution is -2.54. The molecular weight excluding hydrogens is 390 g/mol. The lowest BCUT2D eigenvalue weighted by atomic mass is 9.73. The quantitative estimate of drug-likeness (QED) is 0.615. The summed E-state index contributed by atoms with van der Waals surface area (Å²) < 4.78 is 79.4. The number of halogens is 6. The molecule has 0 aliphatic rings. The highest BCUT2D eigenvalue weighted by Gasteiger charge is 2.72. The van der Waals surface area contributed by atoms with E-state index in [1.54, 1.807) is 13.8 Å². The van der Waals surface area contributed by atoms with E-state index in [0.29, 0.717) is 17.7 Å². The minimum atomic E-state index is -6.11. The summed E-state index contributed by atoms with van der Waals surface area (Å²) in [5.74, 6) is -1.39. The molecule has 9 heteroatoms. The number of alkyl halides is 6. The Bertz CT molecular complexity index is 828. The number of hydrogen-bond acceptors (Lipinski definition) is 3. The van der Waals surface area contributed by atoms with Crippen molar-refractivity contribution in [3.63, 3.8) is 0 Å². The summed E-state index contributed by atoms with van der Waals surface area (Å²) in [7, 11) is 0. The third kappa shape index (κ3) is 3.39. The SMILES string of the molecule is CCC(C)(c1ccc(O)cc1)c1ccc(O)c(C(O)(C(F)(F)F)C(F)(F)F)c1. The van der Waals surface area contributed by atoms with Gasteiger partial charge in [-0.2, -0.15) is 26.3 Å². The summed E-state index contributed by atoms with van der Waals surface area (Å²) >= 11 is 0. The molecule has 0 aliphatic heterocycles. The molecule has 154 valence electrons. The molecule has 0 amide bonds. The fourth-order valence-electron chi connectivity index (χ4n) is 3.04. The molecule has 3 nitrogen and oxygen atoms in total. The number of aliphatic hydroxyl groups is 1. The van der Waals surface area contributed by atoms with Crippen molar-refractivity contribution in [2.24, 2.45) is 0 Å². The Morgan fingerprint density at radius 2 is 1.25 bits per heavy atom. The van der Waals surface area contributed by atoms with Gasteiger partial charge >= 0.3 is 12.4 Å². The van der Waals surface area contributed by atoms with E-state index in [-0.39, 0.29) is 17.7 Å². The summed E-state index contributed by atoms with van der Waals surface area (Å²) in [6.45, 7) is 3.27. The van der Waals surface area contributed by atoms with Gasteiger partial charge in [-0.05, 0) is 41.8 Å². The van der Waals surface area contributed by atoms with Gasteiger partial charge in [0.15, 0.2) is 0 Å². The molecule has 0 heterocycles. The first-order chi connectivity index (χ1) is 12.7. The highest BCUT2D eigenvalue weighted by molar-refractivity contribution is 5.48. The molecule has 0 aliphatic carbocycles. The Balaban J connectivity index is 2.75. The van der Waals surface area contributed by atoms with E-state index in [9.17, 15) is 41.7 Å². The molecule has 28 heavy (non-hydrogen) atoms. The smallest absolute Gasteiger partial charge is 0.430 e. The van der Waals surface area contributed by atoms with Crippen LogP contribution < -0.4 is 0 Å². The molecule has 0 aromatic heterocycles. The van der Waals surface area contributed by atoms with Gasteiger partial charge in [-0.25, -0.2) is 0 Å². The van der Waals surface area contributed by atoms with Crippen LogP contribution in [0.4, 0.5) is 26.3 Å². The van der Waals surface area contributed by atoms with Crippen molar-refractivity contribution in [1.29, 1.82) is 0 Å². The number of rotatable bonds is 4. The van der Waals surface area contributed by atoms with E-state index in [1.165, 1.54) is 30.3 Å². The molecule has 1 unspecified atom stereocenters. The summed E-state index contributed by atoms with van der Waals surface area (Å²) in [6.07, 6.45) is -11.9. The van der Waals surface area contributed by atoms with Crippen LogP contribution in [0.15, 0.2) is 42.5 Å². The van der Waals surface area contributed by atoms with Crippen molar-refractivity contribution in [3.8, 4) is 11.5 Å². The van der Waals surface area contributed by atoms with Crippen molar-refractivity contribution in [2.45, 2.75) is 43.6 Å². The molecule has 3 N–H and O–H groups in total. The zero-order valence-electron chi connectivity index (χ0n) is 14.9. The molecule has 2 rings (SSSR count). The number of aromatic hydroxyl groups is 2. The molecule has 0 bridgehead atoms. The van der Waals surface area contributed by atoms with Gasteiger partial charge in [0.25, 0.3) is 5.60 Å². The monoisotopic (exact) mass is 408 g/mol. The summed E-state index contributed by atoms with van der Waals surface area (Å²) in [5.41, 5.74) is -7.42. The normalized spacial score (nSPS) is 15.3. The Morgan fingerprint density at radius 1 is 0.786 bits per heavy atom. The van der Waals surface area contributed by atoms with Crippen LogP contribution in [0.2, 0.25) is 0 Å². The van der Waals surface area contributed by atoms with Crippen LogP contribution >= 0.6 is 0 Å². The van der Waals surface area contributed by atoms with Gasteiger partial charge < -0.3 is 15.3 Å². The summed E-state index contributed by atoms with van der Waals surface area (Å²) in [5, 5.41) is 28.8. The van der Waals surface area contributed by atoms with Gasteiger partial charge in [-0.1, -0.05) is 32.0 Å². The Labute approximate surface area is 156 Å². The maximum atomic E-state index is 13.2. The first-order valence-corrected chi connectivity index (χ1v) is 8.17. The minimum Gasteiger partial charge on any atom is -0.508 e. The van der Waals surface area contributed by atoms with E-state index in [0.717, 1.165) is 0 Å². The Kier molecular flexibility index (Phi) is 5.37. The van der Waals surface area contributed by atoms with Crippen molar-refractivity contribution in [1.82, 2.24) is 0 Å². The van der Waals surface area contributed by atoms with Crippen LogP contribution in [0, 0.1) is 0 Å². The van der Waals surface area contributed by atoms with Crippen LogP contribution in [-0.4, -0.2) is 27.7 Å². The van der Waals surface area contributed by atoms with Crippen LogP contribution in [-0.2, 0) is 11.0 Å². The molecule has 0 spiro atoms. The topological polar surface area (TPSA) is 60.7 Å². The second kappa shape index (κ2) is 6.88. The van der Waals surface area contributed by atoms with E-state index < -0.39 is 34.7 Å². The van der Waals surface area contributed by atoms with Crippen LogP contribution in [0.1, 0.15) is 37.0 Å². The van der Waals surface area contributed by atoms with Gasteiger partial charge in [0.1, 0.15) is 11.5 Å². The van der Waals surface area contributed by atoms with Crippen molar-refractivity contribution < 1.29 is 41.7 Å². The van der Waals surface area contributed by atoms with Gasteiger partial charge in [-0.15, -0.1) is 0 Å². The second-order valence-electron chi connectivity index (χ2n) is 6.67. The average Bonchev–Trinajstić information content (AvgIpc) is 2.59. The Hall–Kier alpha value is -2.42. The highest BCUT2D eigenvalue weighted by Crippen LogP contribution is 2.53. The van der Waals surface area contributed by atoms with E-state index in [4.69, 9.17) is 0 Å². The van der Waals surface area contributed by atoms with Crippen molar-refractivity contribution in [2.75, 3.05) is 0 Å². The van der Waals surface area contributed by atoms with Gasteiger partial charge in [0, 0.05) is 11.0 Å². The van der Waals surface area contributed by atoms with Crippen LogP contribution in [0.3, 0.4) is 0 Å². The van der Waals surface area contributed by atoms with Gasteiger partial charge in [0.05, 0.1) is 0 Å². The van der Waals surface area contributed by atoms with Gasteiger partial charge in [-0.3, -0.25) is 0 Å². The third-order valence-corrected chi connectivity index (χ3v) is 5.06. The van der Waals surface area contributed by atoms with Crippen molar-refractivity contribution >= 4 is 0 Å². The lowest BCUT2D eigenvalue weighted by Gasteiger charge is -2.35. The largest absolute Gasteiger partial charge is 0.508 e. The van der Waals surface area contributed by atoms with Crippen molar-refractivity contribution in [3.05, 3.63) is 59.2 Å². The molecule has 0 radical (unpaired) electrons. The summed E-state index contributed by atoms with van der Waals surface area (Å²) in [6, 6.07) is 8.07. The molecule has 0 saturated carbocycles. The van der Waals surface area contributed by atoms with Crippen LogP contribution in [0.5, 0.6) is 11.5 Å². The second-order valence-corrected chi connectivity index (χ2v) is 6.67. The molecule has 0 saturated heterocycles. The predicted octanol–water partition coefficient (Wildman–Crippen LogP) is 5.13.